The Morgan fingerprint density at radius 3 is 3.00 bits per heavy atom. The molecule has 1 saturated heterocycles. The van der Waals surface area contributed by atoms with Gasteiger partial charge in [-0.3, -0.25) is 28.2 Å². The summed E-state index contributed by atoms with van der Waals surface area (Å²) in [6, 6.07) is 5.56. The highest BCUT2D eigenvalue weighted by atomic mass is 31.2. The van der Waals surface area contributed by atoms with Crippen molar-refractivity contribution in [3.63, 3.8) is 0 Å². The van der Waals surface area contributed by atoms with Crippen LogP contribution in [0.15, 0.2) is 34.0 Å². The van der Waals surface area contributed by atoms with Crippen LogP contribution in [0.5, 0.6) is 11.5 Å². The average molecular weight is 422 g/mol. The molecule has 2 aliphatic rings. The third kappa shape index (κ3) is 4.11. The first kappa shape index (κ1) is 19.8. The number of hydrogen-bond donors (Lipinski definition) is 1. The quantitative estimate of drug-likeness (QED) is 0.554. The number of benzene rings is 1. The van der Waals surface area contributed by atoms with E-state index in [4.69, 9.17) is 23.0 Å². The monoisotopic (exact) mass is 422 g/mol. The van der Waals surface area contributed by atoms with Crippen LogP contribution in [0, 0.1) is 0 Å². The van der Waals surface area contributed by atoms with Gasteiger partial charge in [-0.1, -0.05) is 12.1 Å². The van der Waals surface area contributed by atoms with E-state index in [0.29, 0.717) is 37.2 Å². The van der Waals surface area contributed by atoms with Gasteiger partial charge in [-0.2, -0.15) is 0 Å². The predicted octanol–water partition coefficient (Wildman–Crippen LogP) is 1.89. The highest BCUT2D eigenvalue weighted by Crippen LogP contribution is 2.50. The second-order valence-electron chi connectivity index (χ2n) is 6.49. The Hall–Kier alpha value is -2.52. The topological polar surface area (TPSA) is 118 Å². The summed E-state index contributed by atoms with van der Waals surface area (Å²) in [5.74, 6) is 1.22. The van der Waals surface area contributed by atoms with E-state index in [1.165, 1.54) is 10.8 Å². The fourth-order valence-corrected chi connectivity index (χ4v) is 4.25. The van der Waals surface area contributed by atoms with Crippen molar-refractivity contribution in [3.05, 3.63) is 56.4 Å². The molecule has 3 unspecified atom stereocenters. The lowest BCUT2D eigenvalue weighted by molar-refractivity contribution is -0.0230. The van der Waals surface area contributed by atoms with Gasteiger partial charge in [0.15, 0.2) is 17.8 Å². The summed E-state index contributed by atoms with van der Waals surface area (Å²) < 4.78 is 29.5. The molecular weight excluding hydrogens is 403 g/mol. The third-order valence-electron chi connectivity index (χ3n) is 4.66. The smallest absolute Gasteiger partial charge is 0.397 e. The zero-order valence-electron chi connectivity index (χ0n) is 15.5. The Morgan fingerprint density at radius 2 is 2.21 bits per heavy atom. The number of ether oxygens (including phenoxy) is 2. The van der Waals surface area contributed by atoms with E-state index >= 15 is 0 Å². The molecule has 0 saturated carbocycles. The Balaban J connectivity index is 1.36. The number of nitrogens with one attached hydrogen (secondary N) is 1. The lowest BCUT2D eigenvalue weighted by Gasteiger charge is -2.26. The van der Waals surface area contributed by atoms with Gasteiger partial charge in [0, 0.05) is 11.8 Å². The van der Waals surface area contributed by atoms with E-state index in [9.17, 15) is 14.4 Å². The predicted molar refractivity (Wildman–Crippen MR) is 101 cm³/mol. The number of methoxy groups -OCH3 is 1. The Kier molecular flexibility index (Phi) is 5.77. The largest absolute Gasteiger partial charge is 0.493 e. The van der Waals surface area contributed by atoms with E-state index in [1.54, 1.807) is 13.2 Å². The lowest BCUT2D eigenvalue weighted by Crippen LogP contribution is -2.34. The third-order valence-corrected chi connectivity index (χ3v) is 5.69. The molecule has 0 spiro atoms. The Morgan fingerprint density at radius 1 is 1.34 bits per heavy atom. The summed E-state index contributed by atoms with van der Waals surface area (Å²) in [7, 11) is -0.0373. The molecule has 0 amide bonds. The minimum Gasteiger partial charge on any atom is -0.493 e. The standard InChI is InChI=1S/C18H19N2O8P/c1-24-14-4-2-3-11-9-25-29(28-16(11)14)26-10-13-5-6-15(27-13)20-7-12(8-21)17(22)19-18(20)23/h2-4,7-8,13,15H,5-6,9-10H2,1H3,(H,19,22,23). The minimum atomic E-state index is -1.61. The zero-order valence-corrected chi connectivity index (χ0v) is 16.4. The SMILES string of the molecule is COc1cccc2c1OP(OCC1CCC(n3cc(C=O)c(=O)[nH]c3=O)O1)OC2. The highest BCUT2D eigenvalue weighted by Gasteiger charge is 2.31. The van der Waals surface area contributed by atoms with Crippen molar-refractivity contribution in [2.75, 3.05) is 13.7 Å². The van der Waals surface area contributed by atoms with Crippen molar-refractivity contribution < 1.29 is 27.8 Å². The van der Waals surface area contributed by atoms with Gasteiger partial charge in [0.25, 0.3) is 5.56 Å². The molecule has 2 aromatic rings. The van der Waals surface area contributed by atoms with Gasteiger partial charge in [-0.25, -0.2) is 4.79 Å². The van der Waals surface area contributed by atoms with Crippen LogP contribution in [0.2, 0.25) is 0 Å². The number of aldehydes is 1. The molecule has 154 valence electrons. The Labute approximate surface area is 166 Å². The molecule has 0 aliphatic carbocycles. The molecule has 3 heterocycles. The highest BCUT2D eigenvalue weighted by molar-refractivity contribution is 7.42. The first-order valence-electron chi connectivity index (χ1n) is 8.95. The van der Waals surface area contributed by atoms with Crippen LogP contribution < -0.4 is 20.5 Å². The van der Waals surface area contributed by atoms with Gasteiger partial charge in [-0.05, 0) is 18.9 Å². The van der Waals surface area contributed by atoms with Crippen molar-refractivity contribution in [1.29, 1.82) is 0 Å². The Bertz CT molecular complexity index is 1010. The summed E-state index contributed by atoms with van der Waals surface area (Å²) in [6.07, 6.45) is 1.91. The molecule has 1 N–H and O–H groups in total. The number of para-hydroxylation sites is 1. The number of carbonyl (C=O) groups is 1. The lowest BCUT2D eigenvalue weighted by atomic mass is 10.2. The molecule has 4 rings (SSSR count). The minimum absolute atomic E-state index is 0.132. The van der Waals surface area contributed by atoms with Crippen LogP contribution in [0.3, 0.4) is 0 Å². The molecule has 0 bridgehead atoms. The van der Waals surface area contributed by atoms with Crippen molar-refractivity contribution in [3.8, 4) is 11.5 Å². The summed E-state index contributed by atoms with van der Waals surface area (Å²) in [4.78, 5) is 36.6. The van der Waals surface area contributed by atoms with Crippen LogP contribution in [-0.2, 0) is 20.4 Å². The maximum Gasteiger partial charge on any atom is 0.397 e. The van der Waals surface area contributed by atoms with E-state index in [0.717, 1.165) is 5.56 Å². The molecular formula is C18H19N2O8P. The average Bonchev–Trinajstić information content (AvgIpc) is 3.20. The molecule has 3 atom stereocenters. The molecule has 1 aromatic carbocycles. The van der Waals surface area contributed by atoms with Crippen LogP contribution >= 0.6 is 8.60 Å². The molecule has 0 radical (unpaired) electrons. The van der Waals surface area contributed by atoms with E-state index in [1.807, 2.05) is 12.1 Å². The fourth-order valence-electron chi connectivity index (χ4n) is 3.18. The van der Waals surface area contributed by atoms with E-state index in [2.05, 4.69) is 4.98 Å². The first-order valence-corrected chi connectivity index (χ1v) is 10.0. The number of fused-ring (bicyclic) bond motifs is 1. The number of aromatic amines is 1. The van der Waals surface area contributed by atoms with E-state index < -0.39 is 26.1 Å². The zero-order chi connectivity index (χ0) is 20.4. The van der Waals surface area contributed by atoms with Gasteiger partial charge < -0.3 is 14.0 Å². The molecule has 1 aromatic heterocycles. The summed E-state index contributed by atoms with van der Waals surface area (Å²) in [6.45, 7) is 0.568. The number of H-pyrrole nitrogens is 1. The van der Waals surface area contributed by atoms with Crippen LogP contribution in [0.25, 0.3) is 0 Å². The molecule has 1 fully saturated rings. The fraction of sp³-hybridized carbons (Fsp3) is 0.389. The van der Waals surface area contributed by atoms with Gasteiger partial charge in [0.1, 0.15) is 6.23 Å². The number of hydrogen-bond acceptors (Lipinski definition) is 8. The van der Waals surface area contributed by atoms with Crippen molar-refractivity contribution in [2.45, 2.75) is 31.8 Å². The number of nitrogens with zero attached hydrogens (tertiary/aromatic N) is 1. The van der Waals surface area contributed by atoms with Gasteiger partial charge in [0.05, 0.1) is 32.0 Å². The van der Waals surface area contributed by atoms with Crippen LogP contribution in [-0.4, -0.2) is 35.7 Å². The van der Waals surface area contributed by atoms with Crippen molar-refractivity contribution in [1.82, 2.24) is 9.55 Å². The second kappa shape index (κ2) is 8.46. The number of carbonyl (C=O) groups excluding carboxylic acids is 1. The molecule has 29 heavy (non-hydrogen) atoms. The summed E-state index contributed by atoms with van der Waals surface area (Å²) in [5.41, 5.74) is -0.594. The van der Waals surface area contributed by atoms with Crippen molar-refractivity contribution in [2.24, 2.45) is 0 Å². The maximum atomic E-state index is 12.0. The summed E-state index contributed by atoms with van der Waals surface area (Å²) in [5, 5.41) is 0. The van der Waals surface area contributed by atoms with Gasteiger partial charge in [0.2, 0.25) is 0 Å². The maximum absolute atomic E-state index is 12.0. The van der Waals surface area contributed by atoms with Crippen LogP contribution in [0.1, 0.15) is 35.0 Å². The number of rotatable bonds is 6. The number of aromatic nitrogens is 2. The second-order valence-corrected chi connectivity index (χ2v) is 7.64. The molecule has 11 heteroatoms. The normalized spacial score (nSPS) is 23.3. The summed E-state index contributed by atoms with van der Waals surface area (Å²) >= 11 is 0. The molecule has 2 aliphatic heterocycles. The van der Waals surface area contributed by atoms with Gasteiger partial charge in [-0.15, -0.1) is 0 Å². The van der Waals surface area contributed by atoms with E-state index in [-0.39, 0.29) is 18.3 Å². The van der Waals surface area contributed by atoms with Crippen LogP contribution in [0.4, 0.5) is 0 Å². The molecule has 10 nitrogen and oxygen atoms in total. The van der Waals surface area contributed by atoms with Crippen molar-refractivity contribution >= 4 is 14.9 Å². The van der Waals surface area contributed by atoms with Gasteiger partial charge >= 0.3 is 14.3 Å². The first-order chi connectivity index (χ1) is 14.1.